The van der Waals surface area contributed by atoms with E-state index in [9.17, 15) is 13.2 Å². The van der Waals surface area contributed by atoms with E-state index >= 15 is 0 Å². The average Bonchev–Trinajstić information content (AvgIpc) is 2.39. The van der Waals surface area contributed by atoms with E-state index in [2.05, 4.69) is 0 Å². The summed E-state index contributed by atoms with van der Waals surface area (Å²) in [6.45, 7) is 3.96. The van der Waals surface area contributed by atoms with Gasteiger partial charge in [-0.15, -0.1) is 0 Å². The Kier molecular flexibility index (Phi) is 5.29. The lowest BCUT2D eigenvalue weighted by molar-refractivity contribution is -0.124. The second kappa shape index (κ2) is 6.33. The van der Waals surface area contributed by atoms with Gasteiger partial charge >= 0.3 is 0 Å². The zero-order valence-corrected chi connectivity index (χ0v) is 12.7. The van der Waals surface area contributed by atoms with Gasteiger partial charge in [-0.1, -0.05) is 44.2 Å². The molecule has 0 spiro atoms. The first kappa shape index (κ1) is 15.9. The van der Waals surface area contributed by atoms with Crippen molar-refractivity contribution in [2.75, 3.05) is 12.0 Å². The van der Waals surface area contributed by atoms with E-state index in [-0.39, 0.29) is 18.0 Å². The fourth-order valence-electron chi connectivity index (χ4n) is 2.49. The number of benzene rings is 1. The zero-order chi connectivity index (χ0) is 14.5. The SMILES string of the molecule is CCC(CC)(C(=O)CCS(C)(=O)=O)c1ccccc1. The van der Waals surface area contributed by atoms with Crippen molar-refractivity contribution >= 4 is 15.6 Å². The molecule has 1 aromatic rings. The number of rotatable bonds is 7. The van der Waals surface area contributed by atoms with Crippen molar-refractivity contribution in [2.45, 2.75) is 38.5 Å². The highest BCUT2D eigenvalue weighted by molar-refractivity contribution is 7.90. The largest absolute Gasteiger partial charge is 0.299 e. The highest BCUT2D eigenvalue weighted by Crippen LogP contribution is 2.33. The molecule has 0 aliphatic heterocycles. The van der Waals surface area contributed by atoms with Gasteiger partial charge in [0.15, 0.2) is 0 Å². The number of Topliss-reactive ketones (excluding diaryl/α,β-unsaturated/α-hetero) is 1. The minimum atomic E-state index is -3.10. The maximum absolute atomic E-state index is 12.5. The van der Waals surface area contributed by atoms with Gasteiger partial charge in [0, 0.05) is 12.7 Å². The molecular weight excluding hydrogens is 260 g/mol. The first-order chi connectivity index (χ1) is 8.85. The molecule has 0 atom stereocenters. The van der Waals surface area contributed by atoms with E-state index in [0.717, 1.165) is 5.56 Å². The number of carbonyl (C=O) groups is 1. The van der Waals surface area contributed by atoms with Crippen molar-refractivity contribution in [3.63, 3.8) is 0 Å². The van der Waals surface area contributed by atoms with E-state index in [1.165, 1.54) is 6.26 Å². The molecule has 0 N–H and O–H groups in total. The Morgan fingerprint density at radius 3 is 2.05 bits per heavy atom. The van der Waals surface area contributed by atoms with E-state index in [0.29, 0.717) is 12.8 Å². The molecule has 4 heteroatoms. The van der Waals surface area contributed by atoms with Gasteiger partial charge in [0.1, 0.15) is 15.6 Å². The molecule has 1 rings (SSSR count). The fourth-order valence-corrected chi connectivity index (χ4v) is 3.04. The minimum absolute atomic E-state index is 0.0223. The van der Waals surface area contributed by atoms with Crippen LogP contribution in [-0.4, -0.2) is 26.2 Å². The predicted molar refractivity (Wildman–Crippen MR) is 78.0 cm³/mol. The van der Waals surface area contributed by atoms with Crippen molar-refractivity contribution in [2.24, 2.45) is 0 Å². The van der Waals surface area contributed by atoms with Gasteiger partial charge in [-0.3, -0.25) is 4.79 Å². The lowest BCUT2D eigenvalue weighted by atomic mass is 9.72. The van der Waals surface area contributed by atoms with Crippen molar-refractivity contribution in [3.05, 3.63) is 35.9 Å². The van der Waals surface area contributed by atoms with E-state index in [4.69, 9.17) is 0 Å². The smallest absolute Gasteiger partial charge is 0.147 e. The van der Waals surface area contributed by atoms with Crippen LogP contribution in [0.15, 0.2) is 30.3 Å². The van der Waals surface area contributed by atoms with Gasteiger partial charge in [0.25, 0.3) is 0 Å². The topological polar surface area (TPSA) is 51.2 Å². The number of ketones is 1. The molecule has 0 aliphatic carbocycles. The quantitative estimate of drug-likeness (QED) is 0.772. The van der Waals surface area contributed by atoms with Crippen molar-refractivity contribution in [1.82, 2.24) is 0 Å². The Labute approximate surface area is 116 Å². The molecular formula is C15H22O3S. The first-order valence-electron chi connectivity index (χ1n) is 6.62. The number of carbonyl (C=O) groups excluding carboxylic acids is 1. The molecule has 0 heterocycles. The van der Waals surface area contributed by atoms with E-state index in [1.807, 2.05) is 44.2 Å². The van der Waals surface area contributed by atoms with Gasteiger partial charge in [0.2, 0.25) is 0 Å². The molecule has 0 radical (unpaired) electrons. The van der Waals surface area contributed by atoms with Crippen LogP contribution >= 0.6 is 0 Å². The number of sulfone groups is 1. The standard InChI is InChI=1S/C15H22O3S/c1-4-15(5-2,13-9-7-6-8-10-13)14(16)11-12-19(3,17)18/h6-10H,4-5,11-12H2,1-3H3. The molecule has 0 amide bonds. The van der Waals surface area contributed by atoms with E-state index in [1.54, 1.807) is 0 Å². The molecule has 0 aromatic heterocycles. The van der Waals surface area contributed by atoms with Crippen LogP contribution in [0.4, 0.5) is 0 Å². The molecule has 1 aromatic carbocycles. The summed E-state index contributed by atoms with van der Waals surface area (Å²) in [5, 5.41) is 0. The van der Waals surface area contributed by atoms with Gasteiger partial charge in [-0.25, -0.2) is 8.42 Å². The van der Waals surface area contributed by atoms with Crippen LogP contribution in [0.3, 0.4) is 0 Å². The third-order valence-electron chi connectivity index (χ3n) is 3.77. The minimum Gasteiger partial charge on any atom is -0.299 e. The molecule has 0 fully saturated rings. The summed E-state index contributed by atoms with van der Waals surface area (Å²) in [5.74, 6) is -0.0467. The average molecular weight is 282 g/mol. The van der Waals surface area contributed by atoms with Gasteiger partial charge in [0.05, 0.1) is 11.2 Å². The van der Waals surface area contributed by atoms with Crippen molar-refractivity contribution in [3.8, 4) is 0 Å². The second-order valence-corrected chi connectivity index (χ2v) is 7.22. The van der Waals surface area contributed by atoms with Gasteiger partial charge in [-0.05, 0) is 18.4 Å². The Balaban J connectivity index is 3.03. The summed E-state index contributed by atoms with van der Waals surface area (Å²) in [5.41, 5.74) is 0.435. The summed E-state index contributed by atoms with van der Waals surface area (Å²) < 4.78 is 22.4. The fraction of sp³-hybridized carbons (Fsp3) is 0.533. The monoisotopic (exact) mass is 282 g/mol. The Morgan fingerprint density at radius 1 is 1.11 bits per heavy atom. The number of hydrogen-bond donors (Lipinski definition) is 0. The summed E-state index contributed by atoms with van der Waals surface area (Å²) >= 11 is 0. The molecule has 106 valence electrons. The summed E-state index contributed by atoms with van der Waals surface area (Å²) in [4.78, 5) is 12.5. The molecule has 3 nitrogen and oxygen atoms in total. The molecule has 0 unspecified atom stereocenters. The molecule has 0 bridgehead atoms. The van der Waals surface area contributed by atoms with Crippen molar-refractivity contribution in [1.29, 1.82) is 0 Å². The normalized spacial score (nSPS) is 12.4. The second-order valence-electron chi connectivity index (χ2n) is 4.96. The summed E-state index contributed by atoms with van der Waals surface area (Å²) in [7, 11) is -3.10. The lowest BCUT2D eigenvalue weighted by Crippen LogP contribution is -2.35. The van der Waals surface area contributed by atoms with Crippen molar-refractivity contribution < 1.29 is 13.2 Å². The maximum atomic E-state index is 12.5. The van der Waals surface area contributed by atoms with Crippen LogP contribution in [0.2, 0.25) is 0 Å². The molecule has 19 heavy (non-hydrogen) atoms. The Morgan fingerprint density at radius 2 is 1.63 bits per heavy atom. The summed E-state index contributed by atoms with van der Waals surface area (Å²) in [6.07, 6.45) is 2.64. The van der Waals surface area contributed by atoms with Crippen LogP contribution in [0, 0.1) is 0 Å². The first-order valence-corrected chi connectivity index (χ1v) is 8.68. The van der Waals surface area contributed by atoms with Crippen LogP contribution in [-0.2, 0) is 20.0 Å². The van der Waals surface area contributed by atoms with E-state index < -0.39 is 15.3 Å². The predicted octanol–water partition coefficient (Wildman–Crippen LogP) is 2.75. The van der Waals surface area contributed by atoms with Gasteiger partial charge < -0.3 is 0 Å². The molecule has 0 saturated carbocycles. The maximum Gasteiger partial charge on any atom is 0.147 e. The third kappa shape index (κ3) is 3.90. The Hall–Kier alpha value is -1.16. The zero-order valence-electron chi connectivity index (χ0n) is 11.8. The number of hydrogen-bond acceptors (Lipinski definition) is 3. The molecule has 0 aliphatic rings. The highest BCUT2D eigenvalue weighted by atomic mass is 32.2. The molecule has 0 saturated heterocycles. The summed E-state index contributed by atoms with van der Waals surface area (Å²) in [6, 6.07) is 9.65. The van der Waals surface area contributed by atoms with Crippen LogP contribution < -0.4 is 0 Å². The van der Waals surface area contributed by atoms with Crippen LogP contribution in [0.5, 0.6) is 0 Å². The third-order valence-corrected chi connectivity index (χ3v) is 4.71. The lowest BCUT2D eigenvalue weighted by Gasteiger charge is -2.30. The Bertz CT molecular complexity index is 514. The van der Waals surface area contributed by atoms with Crippen LogP contribution in [0.25, 0.3) is 0 Å². The van der Waals surface area contributed by atoms with Crippen LogP contribution in [0.1, 0.15) is 38.7 Å². The highest BCUT2D eigenvalue weighted by Gasteiger charge is 2.36. The van der Waals surface area contributed by atoms with Gasteiger partial charge in [-0.2, -0.15) is 0 Å².